The van der Waals surface area contributed by atoms with Crippen molar-refractivity contribution in [1.82, 2.24) is 25.3 Å². The maximum absolute atomic E-state index is 14.2. The summed E-state index contributed by atoms with van der Waals surface area (Å²) in [5.41, 5.74) is 0.747. The van der Waals surface area contributed by atoms with Crippen LogP contribution >= 0.6 is 0 Å². The van der Waals surface area contributed by atoms with Gasteiger partial charge in [0, 0.05) is 44.9 Å². The fourth-order valence-electron chi connectivity index (χ4n) is 3.52. The fourth-order valence-corrected chi connectivity index (χ4v) is 3.52. The average Bonchev–Trinajstić information content (AvgIpc) is 3.39. The van der Waals surface area contributed by atoms with Gasteiger partial charge in [-0.05, 0) is 18.6 Å². The predicted octanol–water partition coefficient (Wildman–Crippen LogP) is -0.767. The highest BCUT2D eigenvalue weighted by atomic mass is 19.1. The highest BCUT2D eigenvalue weighted by molar-refractivity contribution is 5.93. The van der Waals surface area contributed by atoms with Crippen LogP contribution in [0.4, 0.5) is 4.39 Å². The zero-order valence-corrected chi connectivity index (χ0v) is 16.3. The summed E-state index contributed by atoms with van der Waals surface area (Å²) in [7, 11) is 1.75. The quantitative estimate of drug-likeness (QED) is 0.514. The van der Waals surface area contributed by atoms with Crippen LogP contribution in [0.1, 0.15) is 18.5 Å². The Morgan fingerprint density at radius 1 is 1.28 bits per heavy atom. The molecule has 9 nitrogen and oxygen atoms in total. The van der Waals surface area contributed by atoms with E-state index in [1.807, 2.05) is 0 Å². The monoisotopic (exact) mass is 407 g/mol. The third kappa shape index (κ3) is 5.41. The number of hydrogen-bond acceptors (Lipinski definition) is 5. The smallest absolute Gasteiger partial charge is 0.246 e. The summed E-state index contributed by atoms with van der Waals surface area (Å²) >= 11 is 0. The summed E-state index contributed by atoms with van der Waals surface area (Å²) in [5.74, 6) is -1.75. The van der Waals surface area contributed by atoms with E-state index in [2.05, 4.69) is 15.7 Å². The van der Waals surface area contributed by atoms with Crippen molar-refractivity contribution >= 4 is 23.8 Å². The lowest BCUT2D eigenvalue weighted by molar-refractivity contribution is -0.131. The third-order valence-corrected chi connectivity index (χ3v) is 5.19. The Kier molecular flexibility index (Phi) is 6.63. The number of aromatic nitrogens is 2. The van der Waals surface area contributed by atoms with Gasteiger partial charge in [-0.15, -0.1) is 0 Å². The van der Waals surface area contributed by atoms with Gasteiger partial charge in [-0.1, -0.05) is 0 Å². The van der Waals surface area contributed by atoms with Crippen molar-refractivity contribution in [2.24, 2.45) is 18.9 Å². The number of halogens is 1. The van der Waals surface area contributed by atoms with Crippen LogP contribution in [0.25, 0.3) is 6.08 Å². The first kappa shape index (κ1) is 21.0. The minimum absolute atomic E-state index is 0.0173. The molecular weight excluding hydrogens is 381 g/mol. The number of carbonyl (C=O) groups excluding carboxylic acids is 3. The minimum Gasteiger partial charge on any atom is -0.395 e. The van der Waals surface area contributed by atoms with Crippen LogP contribution in [-0.4, -0.2) is 76.0 Å². The number of rotatable bonds is 7. The maximum Gasteiger partial charge on any atom is 0.246 e. The molecule has 1 aliphatic carbocycles. The van der Waals surface area contributed by atoms with Crippen LogP contribution < -0.4 is 10.6 Å². The highest BCUT2D eigenvalue weighted by Gasteiger charge is 2.48. The van der Waals surface area contributed by atoms with Crippen molar-refractivity contribution in [3.05, 3.63) is 24.0 Å². The standard InChI is InChI=1S/C19H26FN5O4/c1-24-14(4-5-22-24)2-3-17(27)25-10-12(20)8-13(11-25)23-19(29)16-9-15(16)18(28)21-6-7-26/h2-5,12-13,15-16,26H,6-11H2,1H3,(H,21,28)(H,23,29)/b3-2+/t12-,13-,15-,16+/m0/s1. The first-order valence-electron chi connectivity index (χ1n) is 9.67. The first-order chi connectivity index (χ1) is 13.9. The lowest BCUT2D eigenvalue weighted by Gasteiger charge is -2.34. The molecule has 3 rings (SSSR count). The number of nitrogens with one attached hydrogen (secondary N) is 2. The number of alkyl halides is 1. The molecule has 3 amide bonds. The molecule has 1 aromatic heterocycles. The molecule has 3 N–H and O–H groups in total. The van der Waals surface area contributed by atoms with E-state index in [0.717, 1.165) is 5.69 Å². The van der Waals surface area contributed by atoms with Gasteiger partial charge in [0.2, 0.25) is 17.7 Å². The first-order valence-corrected chi connectivity index (χ1v) is 9.67. The SMILES string of the molecule is Cn1nccc1/C=C/C(=O)N1C[C@@H](F)C[C@H](NC(=O)[C@@H]2C[C@@H]2C(=O)NCCO)C1. The molecule has 1 aromatic rings. The van der Waals surface area contributed by atoms with Crippen molar-refractivity contribution in [3.63, 3.8) is 0 Å². The molecule has 158 valence electrons. The topological polar surface area (TPSA) is 117 Å². The van der Waals surface area contributed by atoms with Crippen molar-refractivity contribution < 1.29 is 23.9 Å². The number of piperidine rings is 1. The van der Waals surface area contributed by atoms with Gasteiger partial charge in [0.15, 0.2) is 0 Å². The van der Waals surface area contributed by atoms with E-state index in [1.165, 1.54) is 11.0 Å². The number of aryl methyl sites for hydroxylation is 1. The van der Waals surface area contributed by atoms with Crippen LogP contribution in [0, 0.1) is 11.8 Å². The molecule has 0 aromatic carbocycles. The molecular formula is C19H26FN5O4. The Balaban J connectivity index is 1.51. The number of nitrogens with zero attached hydrogens (tertiary/aromatic N) is 3. The summed E-state index contributed by atoms with van der Waals surface area (Å²) in [4.78, 5) is 38.0. The van der Waals surface area contributed by atoms with Crippen LogP contribution in [0.3, 0.4) is 0 Å². The molecule has 29 heavy (non-hydrogen) atoms. The Hall–Kier alpha value is -2.75. The summed E-state index contributed by atoms with van der Waals surface area (Å²) < 4.78 is 15.8. The van der Waals surface area contributed by atoms with Crippen molar-refractivity contribution in [2.75, 3.05) is 26.2 Å². The third-order valence-electron chi connectivity index (χ3n) is 5.19. The number of aliphatic hydroxyl groups is 1. The van der Waals surface area contributed by atoms with Gasteiger partial charge < -0.3 is 20.6 Å². The second-order valence-corrected chi connectivity index (χ2v) is 7.46. The Bertz CT molecular complexity index is 795. The number of likely N-dealkylation sites (tertiary alicyclic amines) is 1. The molecule has 2 aliphatic rings. The van der Waals surface area contributed by atoms with E-state index >= 15 is 0 Å². The molecule has 2 heterocycles. The van der Waals surface area contributed by atoms with Gasteiger partial charge in [-0.2, -0.15) is 5.10 Å². The largest absolute Gasteiger partial charge is 0.395 e. The van der Waals surface area contributed by atoms with E-state index in [0.29, 0.717) is 6.42 Å². The molecule has 1 aliphatic heterocycles. The minimum atomic E-state index is -1.23. The number of amides is 3. The highest BCUT2D eigenvalue weighted by Crippen LogP contribution is 2.39. The van der Waals surface area contributed by atoms with E-state index in [9.17, 15) is 18.8 Å². The zero-order valence-electron chi connectivity index (χ0n) is 16.3. The van der Waals surface area contributed by atoms with E-state index in [4.69, 9.17) is 5.11 Å². The van der Waals surface area contributed by atoms with E-state index < -0.39 is 24.0 Å². The second-order valence-electron chi connectivity index (χ2n) is 7.46. The summed E-state index contributed by atoms with van der Waals surface area (Å²) in [6.45, 7) is 0.193. The summed E-state index contributed by atoms with van der Waals surface area (Å²) in [6, 6.07) is 1.26. The van der Waals surface area contributed by atoms with E-state index in [-0.39, 0.29) is 50.4 Å². The number of aliphatic hydroxyl groups excluding tert-OH is 1. The molecule has 0 bridgehead atoms. The zero-order chi connectivity index (χ0) is 21.0. The Morgan fingerprint density at radius 2 is 2.03 bits per heavy atom. The second kappa shape index (κ2) is 9.17. The fraction of sp³-hybridized carbons (Fsp3) is 0.579. The summed E-state index contributed by atoms with van der Waals surface area (Å²) in [6.07, 6.45) is 3.94. The number of carbonyl (C=O) groups is 3. The van der Waals surface area contributed by atoms with Crippen LogP contribution in [-0.2, 0) is 21.4 Å². The van der Waals surface area contributed by atoms with E-state index in [1.54, 1.807) is 30.1 Å². The van der Waals surface area contributed by atoms with Gasteiger partial charge in [0.25, 0.3) is 0 Å². The Labute approximate surface area is 167 Å². The van der Waals surface area contributed by atoms with Crippen molar-refractivity contribution in [3.8, 4) is 0 Å². The molecule has 1 saturated heterocycles. The lowest BCUT2D eigenvalue weighted by atomic mass is 10.0. The molecule has 1 saturated carbocycles. The van der Waals surface area contributed by atoms with Gasteiger partial charge in [0.1, 0.15) is 6.17 Å². The summed E-state index contributed by atoms with van der Waals surface area (Å²) in [5, 5.41) is 18.1. The maximum atomic E-state index is 14.2. The Morgan fingerprint density at radius 3 is 2.72 bits per heavy atom. The number of hydrogen-bond donors (Lipinski definition) is 3. The normalized spacial score (nSPS) is 26.4. The van der Waals surface area contributed by atoms with Crippen molar-refractivity contribution in [2.45, 2.75) is 25.1 Å². The lowest BCUT2D eigenvalue weighted by Crippen LogP contribution is -2.53. The molecule has 0 unspecified atom stereocenters. The van der Waals surface area contributed by atoms with Crippen LogP contribution in [0.2, 0.25) is 0 Å². The van der Waals surface area contributed by atoms with Gasteiger partial charge in [-0.3, -0.25) is 19.1 Å². The molecule has 4 atom stereocenters. The molecule has 10 heteroatoms. The molecule has 2 fully saturated rings. The van der Waals surface area contributed by atoms with Crippen LogP contribution in [0.5, 0.6) is 0 Å². The van der Waals surface area contributed by atoms with Crippen molar-refractivity contribution in [1.29, 1.82) is 0 Å². The molecule has 0 spiro atoms. The predicted molar refractivity (Wildman–Crippen MR) is 102 cm³/mol. The van der Waals surface area contributed by atoms with Gasteiger partial charge in [-0.25, -0.2) is 4.39 Å². The average molecular weight is 407 g/mol. The van der Waals surface area contributed by atoms with Gasteiger partial charge >= 0.3 is 0 Å². The van der Waals surface area contributed by atoms with Crippen LogP contribution in [0.15, 0.2) is 18.3 Å². The molecule has 0 radical (unpaired) electrons. The van der Waals surface area contributed by atoms with Gasteiger partial charge in [0.05, 0.1) is 30.7 Å².